The molecular formula is C15H19NO3. The van der Waals surface area contributed by atoms with Crippen LogP contribution in [-0.2, 0) is 9.53 Å². The number of carbonyl (C=O) groups is 1. The van der Waals surface area contributed by atoms with Crippen molar-refractivity contribution in [2.75, 3.05) is 27.8 Å². The van der Waals surface area contributed by atoms with Crippen LogP contribution in [0, 0.1) is 0 Å². The number of rotatable bonds is 3. The molecule has 102 valence electrons. The fourth-order valence-electron chi connectivity index (χ4n) is 2.38. The van der Waals surface area contributed by atoms with Gasteiger partial charge in [-0.05, 0) is 19.5 Å². The van der Waals surface area contributed by atoms with Gasteiger partial charge in [0.1, 0.15) is 5.75 Å². The van der Waals surface area contributed by atoms with Gasteiger partial charge in [-0.25, -0.2) is 4.79 Å². The molecule has 1 aliphatic heterocycles. The molecule has 0 saturated heterocycles. The highest BCUT2D eigenvalue weighted by molar-refractivity contribution is 5.88. The summed E-state index contributed by atoms with van der Waals surface area (Å²) >= 11 is 0. The number of carbonyl (C=O) groups excluding carboxylic acids is 1. The normalized spacial score (nSPS) is 19.7. The van der Waals surface area contributed by atoms with Gasteiger partial charge in [0.2, 0.25) is 0 Å². The van der Waals surface area contributed by atoms with E-state index in [4.69, 9.17) is 9.47 Å². The maximum absolute atomic E-state index is 11.7. The second-order valence-electron chi connectivity index (χ2n) is 4.60. The molecule has 1 heterocycles. The van der Waals surface area contributed by atoms with E-state index in [0.717, 1.165) is 29.9 Å². The molecule has 19 heavy (non-hydrogen) atoms. The largest absolute Gasteiger partial charge is 0.496 e. The topological polar surface area (TPSA) is 38.8 Å². The molecule has 1 aromatic carbocycles. The first-order valence-electron chi connectivity index (χ1n) is 6.29. The number of methoxy groups -OCH3 is 2. The van der Waals surface area contributed by atoms with Crippen LogP contribution in [0.3, 0.4) is 0 Å². The summed E-state index contributed by atoms with van der Waals surface area (Å²) in [5.74, 6) is 0.592. The molecule has 1 aromatic rings. The Morgan fingerprint density at radius 3 is 2.74 bits per heavy atom. The van der Waals surface area contributed by atoms with Crippen molar-refractivity contribution in [1.29, 1.82) is 0 Å². The van der Waals surface area contributed by atoms with Gasteiger partial charge < -0.3 is 9.47 Å². The predicted octanol–water partition coefficient (Wildman–Crippen LogP) is 2.17. The lowest BCUT2D eigenvalue weighted by molar-refractivity contribution is -0.136. The maximum atomic E-state index is 11.7. The van der Waals surface area contributed by atoms with Gasteiger partial charge in [0.05, 0.1) is 20.3 Å². The Labute approximate surface area is 113 Å². The summed E-state index contributed by atoms with van der Waals surface area (Å²) in [7, 11) is 5.12. The molecular weight excluding hydrogens is 242 g/mol. The summed E-state index contributed by atoms with van der Waals surface area (Å²) in [5.41, 5.74) is 1.80. The van der Waals surface area contributed by atoms with Gasteiger partial charge in [0, 0.05) is 17.7 Å². The molecule has 1 unspecified atom stereocenters. The number of nitrogens with zero attached hydrogens (tertiary/aromatic N) is 1. The summed E-state index contributed by atoms with van der Waals surface area (Å²) < 4.78 is 10.2. The van der Waals surface area contributed by atoms with E-state index in [1.807, 2.05) is 37.4 Å². The molecule has 0 fully saturated rings. The van der Waals surface area contributed by atoms with Crippen molar-refractivity contribution in [2.45, 2.75) is 12.5 Å². The lowest BCUT2D eigenvalue weighted by atomic mass is 9.96. The molecule has 0 amide bonds. The van der Waals surface area contributed by atoms with E-state index in [-0.39, 0.29) is 12.0 Å². The summed E-state index contributed by atoms with van der Waals surface area (Å²) in [4.78, 5) is 13.9. The number of para-hydroxylation sites is 1. The van der Waals surface area contributed by atoms with E-state index in [0.29, 0.717) is 0 Å². The van der Waals surface area contributed by atoms with Crippen molar-refractivity contribution in [3.8, 4) is 5.75 Å². The van der Waals surface area contributed by atoms with E-state index in [9.17, 15) is 4.79 Å². The van der Waals surface area contributed by atoms with Crippen LogP contribution in [0.25, 0.3) is 0 Å². The molecule has 0 spiro atoms. The van der Waals surface area contributed by atoms with Gasteiger partial charge in [-0.15, -0.1) is 0 Å². The number of esters is 1. The molecule has 0 aliphatic carbocycles. The van der Waals surface area contributed by atoms with Crippen LogP contribution in [0.4, 0.5) is 0 Å². The van der Waals surface area contributed by atoms with E-state index < -0.39 is 0 Å². The molecule has 4 heteroatoms. The molecule has 0 saturated carbocycles. The smallest absolute Gasteiger partial charge is 0.333 e. The van der Waals surface area contributed by atoms with Crippen molar-refractivity contribution in [1.82, 2.24) is 4.90 Å². The lowest BCUT2D eigenvalue weighted by Crippen LogP contribution is -2.30. The Kier molecular flexibility index (Phi) is 4.22. The first kappa shape index (κ1) is 13.6. The lowest BCUT2D eigenvalue weighted by Gasteiger charge is -2.31. The summed E-state index contributed by atoms with van der Waals surface area (Å²) in [6, 6.07) is 7.92. The van der Waals surface area contributed by atoms with Gasteiger partial charge >= 0.3 is 5.97 Å². The Balaban J connectivity index is 2.38. The third kappa shape index (κ3) is 2.79. The van der Waals surface area contributed by atoms with Crippen LogP contribution in [-0.4, -0.2) is 38.7 Å². The SMILES string of the molecule is COC(=O)C1=CC(c2ccccc2OC)N(C)CC1. The molecule has 2 rings (SSSR count). The van der Waals surface area contributed by atoms with Crippen LogP contribution >= 0.6 is 0 Å². The molecule has 0 radical (unpaired) electrons. The Hall–Kier alpha value is -1.81. The number of likely N-dealkylation sites (N-methyl/N-ethyl adjacent to an activating group) is 1. The fraction of sp³-hybridized carbons (Fsp3) is 0.400. The highest BCUT2D eigenvalue weighted by Gasteiger charge is 2.25. The zero-order valence-corrected chi connectivity index (χ0v) is 11.6. The molecule has 1 atom stereocenters. The highest BCUT2D eigenvalue weighted by Crippen LogP contribution is 2.33. The van der Waals surface area contributed by atoms with Crippen molar-refractivity contribution in [3.63, 3.8) is 0 Å². The monoisotopic (exact) mass is 261 g/mol. The Morgan fingerprint density at radius 2 is 2.05 bits per heavy atom. The molecule has 4 nitrogen and oxygen atoms in total. The second-order valence-corrected chi connectivity index (χ2v) is 4.60. The molecule has 1 aliphatic rings. The Morgan fingerprint density at radius 1 is 1.32 bits per heavy atom. The highest BCUT2D eigenvalue weighted by atomic mass is 16.5. The average Bonchev–Trinajstić information content (AvgIpc) is 2.47. The predicted molar refractivity (Wildman–Crippen MR) is 73.1 cm³/mol. The van der Waals surface area contributed by atoms with Crippen LogP contribution in [0.2, 0.25) is 0 Å². The maximum Gasteiger partial charge on any atom is 0.333 e. The van der Waals surface area contributed by atoms with Gasteiger partial charge in [0.15, 0.2) is 0 Å². The van der Waals surface area contributed by atoms with Crippen molar-refractivity contribution >= 4 is 5.97 Å². The van der Waals surface area contributed by atoms with Gasteiger partial charge in [0.25, 0.3) is 0 Å². The van der Waals surface area contributed by atoms with Gasteiger partial charge in [-0.3, -0.25) is 4.90 Å². The van der Waals surface area contributed by atoms with Crippen LogP contribution in [0.1, 0.15) is 18.0 Å². The average molecular weight is 261 g/mol. The quantitative estimate of drug-likeness (QED) is 0.782. The number of hydrogen-bond acceptors (Lipinski definition) is 4. The van der Waals surface area contributed by atoms with Crippen molar-refractivity contribution < 1.29 is 14.3 Å². The summed E-state index contributed by atoms with van der Waals surface area (Å²) in [5, 5.41) is 0. The van der Waals surface area contributed by atoms with Gasteiger partial charge in [-0.2, -0.15) is 0 Å². The van der Waals surface area contributed by atoms with E-state index >= 15 is 0 Å². The summed E-state index contributed by atoms with van der Waals surface area (Å²) in [6.45, 7) is 0.823. The minimum Gasteiger partial charge on any atom is -0.496 e. The van der Waals surface area contributed by atoms with Gasteiger partial charge in [-0.1, -0.05) is 24.3 Å². The Bertz CT molecular complexity index is 496. The van der Waals surface area contributed by atoms with Crippen molar-refractivity contribution in [3.05, 3.63) is 41.5 Å². The standard InChI is InChI=1S/C15H19NO3/c1-16-9-8-11(15(17)19-3)10-13(16)12-6-4-5-7-14(12)18-2/h4-7,10,13H,8-9H2,1-3H3. The number of ether oxygens (including phenoxy) is 2. The fourth-order valence-corrected chi connectivity index (χ4v) is 2.38. The first-order chi connectivity index (χ1) is 9.17. The van der Waals surface area contributed by atoms with Crippen LogP contribution < -0.4 is 4.74 Å². The molecule has 0 bridgehead atoms. The molecule has 0 aromatic heterocycles. The minimum absolute atomic E-state index is 0.0407. The van der Waals surface area contributed by atoms with Crippen LogP contribution in [0.5, 0.6) is 5.75 Å². The number of hydrogen-bond donors (Lipinski definition) is 0. The number of benzene rings is 1. The van der Waals surface area contributed by atoms with Crippen molar-refractivity contribution in [2.24, 2.45) is 0 Å². The first-order valence-corrected chi connectivity index (χ1v) is 6.29. The third-order valence-electron chi connectivity index (χ3n) is 3.47. The third-order valence-corrected chi connectivity index (χ3v) is 3.47. The van der Waals surface area contributed by atoms with E-state index in [2.05, 4.69) is 4.90 Å². The van der Waals surface area contributed by atoms with E-state index in [1.165, 1.54) is 7.11 Å². The zero-order chi connectivity index (χ0) is 13.8. The van der Waals surface area contributed by atoms with E-state index in [1.54, 1.807) is 7.11 Å². The zero-order valence-electron chi connectivity index (χ0n) is 11.6. The minimum atomic E-state index is -0.243. The second kappa shape index (κ2) is 5.89. The van der Waals surface area contributed by atoms with Crippen LogP contribution in [0.15, 0.2) is 35.9 Å². The summed E-state index contributed by atoms with van der Waals surface area (Å²) in [6.07, 6.45) is 2.68. The molecule has 0 N–H and O–H groups in total.